The fourth-order valence-electron chi connectivity index (χ4n) is 4.72. The molecule has 1 aliphatic carbocycles. The zero-order valence-corrected chi connectivity index (χ0v) is 22.6. The van der Waals surface area contributed by atoms with E-state index in [1.54, 1.807) is 44.6 Å². The number of nitrogens with zero attached hydrogens (tertiary/aromatic N) is 5. The van der Waals surface area contributed by atoms with Crippen LogP contribution in [0.2, 0.25) is 5.02 Å². The maximum atomic E-state index is 14.0. The van der Waals surface area contributed by atoms with Gasteiger partial charge in [0.05, 0.1) is 28.9 Å². The molecule has 4 aromatic heterocycles. The summed E-state index contributed by atoms with van der Waals surface area (Å²) in [5.41, 5.74) is 2.29. The molecule has 0 amide bonds. The third-order valence-electron chi connectivity index (χ3n) is 7.01. The Hall–Kier alpha value is -3.76. The van der Waals surface area contributed by atoms with Crippen molar-refractivity contribution in [2.24, 2.45) is 0 Å². The highest BCUT2D eigenvalue weighted by atomic mass is 35.5. The van der Waals surface area contributed by atoms with E-state index in [1.807, 2.05) is 6.92 Å². The summed E-state index contributed by atoms with van der Waals surface area (Å²) in [4.78, 5) is 30.8. The van der Waals surface area contributed by atoms with Gasteiger partial charge in [-0.2, -0.15) is 0 Å². The van der Waals surface area contributed by atoms with E-state index in [2.05, 4.69) is 21.9 Å². The molecule has 0 aliphatic heterocycles. The van der Waals surface area contributed by atoms with Crippen molar-refractivity contribution < 1.29 is 18.3 Å². The van der Waals surface area contributed by atoms with Crippen molar-refractivity contribution in [3.8, 4) is 22.8 Å². The van der Waals surface area contributed by atoms with Gasteiger partial charge in [0.15, 0.2) is 5.82 Å². The molecule has 1 aliphatic rings. The van der Waals surface area contributed by atoms with Gasteiger partial charge in [-0.3, -0.25) is 19.3 Å². The number of aryl methyl sites for hydroxylation is 2. The van der Waals surface area contributed by atoms with Crippen molar-refractivity contribution in [1.82, 2.24) is 24.5 Å². The Bertz CT molecular complexity index is 1620. The summed E-state index contributed by atoms with van der Waals surface area (Å²) in [5, 5.41) is -0.184. The van der Waals surface area contributed by atoms with Crippen molar-refractivity contribution in [2.75, 3.05) is 7.11 Å². The quantitative estimate of drug-likeness (QED) is 0.298. The maximum absolute atomic E-state index is 14.0. The van der Waals surface area contributed by atoms with Crippen LogP contribution in [0.25, 0.3) is 17.1 Å². The number of halogens is 3. The molecule has 11 heteroatoms. The smallest absolute Gasteiger partial charge is 0.277 e. The lowest BCUT2D eigenvalue weighted by atomic mass is 9.71. The molecule has 8 nitrogen and oxygen atoms in total. The van der Waals surface area contributed by atoms with Crippen LogP contribution in [-0.2, 0) is 11.3 Å². The molecule has 4 aromatic rings. The fraction of sp³-hybridized carbons (Fsp3) is 0.321. The summed E-state index contributed by atoms with van der Waals surface area (Å²) < 4.78 is 39.7. The molecule has 0 N–H and O–H groups in total. The Balaban J connectivity index is 1.45. The average Bonchev–Trinajstić information content (AvgIpc) is 2.90. The standard InChI is InChI=1S/C28H26ClF2N5O3/c1-15-12-33-21(20-5-6-32-26(35-20)17-10-28(3,11-17)38-4)9-23(15)36-16(2)7-24(25(29)27(36)37)39-14-22-19(31)8-18(30)13-34-22/h5-9,12-13,17H,10-11,14H2,1-4H3. The second-order valence-electron chi connectivity index (χ2n) is 9.89. The van der Waals surface area contributed by atoms with Gasteiger partial charge in [-0.25, -0.2) is 18.7 Å². The van der Waals surface area contributed by atoms with Crippen molar-refractivity contribution in [3.05, 3.63) is 92.6 Å². The molecular formula is C28H26ClF2N5O3. The summed E-state index contributed by atoms with van der Waals surface area (Å²) in [6, 6.07) is 5.85. The van der Waals surface area contributed by atoms with Gasteiger partial charge in [0, 0.05) is 43.2 Å². The molecular weight excluding hydrogens is 528 g/mol. The lowest BCUT2D eigenvalue weighted by molar-refractivity contribution is -0.0707. The van der Waals surface area contributed by atoms with Gasteiger partial charge < -0.3 is 9.47 Å². The maximum Gasteiger partial charge on any atom is 0.277 e. The zero-order valence-electron chi connectivity index (χ0n) is 21.8. The van der Waals surface area contributed by atoms with E-state index in [0.717, 1.165) is 30.4 Å². The van der Waals surface area contributed by atoms with Crippen LogP contribution in [0, 0.1) is 25.5 Å². The lowest BCUT2D eigenvalue weighted by Gasteiger charge is -2.43. The average molecular weight is 554 g/mol. The van der Waals surface area contributed by atoms with Crippen LogP contribution in [0.15, 0.2) is 47.7 Å². The molecule has 0 unspecified atom stereocenters. The van der Waals surface area contributed by atoms with Crippen LogP contribution in [0.5, 0.6) is 5.75 Å². The van der Waals surface area contributed by atoms with E-state index in [4.69, 9.17) is 26.1 Å². The molecule has 5 rings (SSSR count). The topological polar surface area (TPSA) is 92.0 Å². The third kappa shape index (κ3) is 5.26. The molecule has 202 valence electrons. The van der Waals surface area contributed by atoms with E-state index >= 15 is 0 Å². The summed E-state index contributed by atoms with van der Waals surface area (Å²) in [6.45, 7) is 5.31. The molecule has 1 fully saturated rings. The first-order valence-corrected chi connectivity index (χ1v) is 12.7. The largest absolute Gasteiger partial charge is 0.485 e. The van der Waals surface area contributed by atoms with Gasteiger partial charge >= 0.3 is 0 Å². The second kappa shape index (κ2) is 10.4. The van der Waals surface area contributed by atoms with Crippen LogP contribution in [-0.4, -0.2) is 37.2 Å². The van der Waals surface area contributed by atoms with Gasteiger partial charge in [0.25, 0.3) is 5.56 Å². The molecule has 0 saturated heterocycles. The molecule has 4 heterocycles. The first-order chi connectivity index (χ1) is 18.6. The monoisotopic (exact) mass is 553 g/mol. The summed E-state index contributed by atoms with van der Waals surface area (Å²) in [6.07, 6.45) is 5.95. The zero-order chi connectivity index (χ0) is 27.9. The molecule has 0 radical (unpaired) electrons. The third-order valence-corrected chi connectivity index (χ3v) is 7.36. The minimum atomic E-state index is -0.853. The Labute approximate surface area is 228 Å². The Morgan fingerprint density at radius 3 is 2.59 bits per heavy atom. The van der Waals surface area contributed by atoms with Crippen molar-refractivity contribution in [1.29, 1.82) is 0 Å². The summed E-state index contributed by atoms with van der Waals surface area (Å²) >= 11 is 6.39. The van der Waals surface area contributed by atoms with Crippen LogP contribution >= 0.6 is 11.6 Å². The minimum absolute atomic E-state index is 0.0665. The van der Waals surface area contributed by atoms with E-state index < -0.39 is 17.2 Å². The Morgan fingerprint density at radius 1 is 1.10 bits per heavy atom. The molecule has 0 spiro atoms. The van der Waals surface area contributed by atoms with Gasteiger partial charge in [0.2, 0.25) is 0 Å². The predicted octanol–water partition coefficient (Wildman–Crippen LogP) is 5.49. The van der Waals surface area contributed by atoms with Gasteiger partial charge in [-0.1, -0.05) is 11.6 Å². The highest BCUT2D eigenvalue weighted by molar-refractivity contribution is 6.31. The fourth-order valence-corrected chi connectivity index (χ4v) is 4.91. The molecule has 0 atom stereocenters. The minimum Gasteiger partial charge on any atom is -0.485 e. The van der Waals surface area contributed by atoms with Crippen LogP contribution in [0.3, 0.4) is 0 Å². The van der Waals surface area contributed by atoms with E-state index in [1.165, 1.54) is 4.57 Å². The SMILES string of the molecule is COC1(C)CC(c2nccc(-c3cc(-n4c(C)cc(OCc5ncc(F)cc5F)c(Cl)c4=O)c(C)cn3)n2)C1. The second-order valence-corrected chi connectivity index (χ2v) is 10.3. The van der Waals surface area contributed by atoms with Crippen LogP contribution in [0.1, 0.15) is 48.5 Å². The number of hydrogen-bond donors (Lipinski definition) is 0. The van der Waals surface area contributed by atoms with Gasteiger partial charge in [0.1, 0.15) is 34.7 Å². The number of rotatable bonds is 7. The Kier molecular flexibility index (Phi) is 7.17. The molecule has 0 bridgehead atoms. The van der Waals surface area contributed by atoms with Gasteiger partial charge in [-0.15, -0.1) is 0 Å². The van der Waals surface area contributed by atoms with Gasteiger partial charge in [-0.05, 0) is 51.3 Å². The van der Waals surface area contributed by atoms with Crippen molar-refractivity contribution in [3.63, 3.8) is 0 Å². The predicted molar refractivity (Wildman–Crippen MR) is 141 cm³/mol. The number of aromatic nitrogens is 5. The first-order valence-electron chi connectivity index (χ1n) is 12.3. The normalized spacial score (nSPS) is 18.6. The summed E-state index contributed by atoms with van der Waals surface area (Å²) in [7, 11) is 1.71. The Morgan fingerprint density at radius 2 is 1.87 bits per heavy atom. The first kappa shape index (κ1) is 26.8. The highest BCUT2D eigenvalue weighted by Crippen LogP contribution is 2.45. The van der Waals surface area contributed by atoms with Crippen LogP contribution in [0.4, 0.5) is 8.78 Å². The number of methoxy groups -OCH3 is 1. The summed E-state index contributed by atoms with van der Waals surface area (Å²) in [5.74, 6) is -0.647. The molecule has 1 saturated carbocycles. The number of hydrogen-bond acceptors (Lipinski definition) is 7. The van der Waals surface area contributed by atoms with Crippen molar-refractivity contribution in [2.45, 2.75) is 51.7 Å². The molecule has 39 heavy (non-hydrogen) atoms. The van der Waals surface area contributed by atoms with Crippen molar-refractivity contribution >= 4 is 11.6 Å². The van der Waals surface area contributed by atoms with E-state index in [-0.39, 0.29) is 34.6 Å². The number of pyridine rings is 3. The van der Waals surface area contributed by atoms with Crippen LogP contribution < -0.4 is 10.3 Å². The highest BCUT2D eigenvalue weighted by Gasteiger charge is 2.42. The lowest BCUT2D eigenvalue weighted by Crippen LogP contribution is -2.41. The van der Waals surface area contributed by atoms with E-state index in [0.29, 0.717) is 28.8 Å². The number of ether oxygens (including phenoxy) is 2. The molecule has 0 aromatic carbocycles. The van der Waals surface area contributed by atoms with E-state index in [9.17, 15) is 13.6 Å².